The summed E-state index contributed by atoms with van der Waals surface area (Å²) in [6, 6.07) is 7.46. The summed E-state index contributed by atoms with van der Waals surface area (Å²) in [5.41, 5.74) is 1.67. The Balaban J connectivity index is 2.23. The smallest absolute Gasteiger partial charge is 0.311 e. The van der Waals surface area contributed by atoms with Gasteiger partial charge in [0.1, 0.15) is 0 Å². The fourth-order valence-corrected chi connectivity index (χ4v) is 2.51. The van der Waals surface area contributed by atoms with E-state index in [1.165, 1.54) is 0 Å². The highest BCUT2D eigenvalue weighted by atomic mass is 16.4. The summed E-state index contributed by atoms with van der Waals surface area (Å²) in [6.07, 6.45) is 0.537. The third kappa shape index (κ3) is 2.76. The lowest BCUT2D eigenvalue weighted by Crippen LogP contribution is -2.41. The number of aliphatic carboxylic acids is 1. The van der Waals surface area contributed by atoms with Crippen molar-refractivity contribution in [2.45, 2.75) is 19.3 Å². The van der Waals surface area contributed by atoms with Crippen molar-refractivity contribution in [1.29, 1.82) is 0 Å². The number of fused-ring (bicyclic) bond motifs is 1. The second kappa shape index (κ2) is 5.94. The molecule has 0 aliphatic carbocycles. The van der Waals surface area contributed by atoms with E-state index in [4.69, 9.17) is 0 Å². The van der Waals surface area contributed by atoms with Crippen molar-refractivity contribution in [3.63, 3.8) is 0 Å². The Kier molecular flexibility index (Phi) is 4.27. The number of carboxylic acid groups (broad SMARTS) is 1. The first-order valence-corrected chi connectivity index (χ1v) is 6.85. The molecule has 5 heteroatoms. The summed E-state index contributed by atoms with van der Waals surface area (Å²) in [5, 5.41) is 9.29. The second-order valence-corrected chi connectivity index (χ2v) is 5.07. The average molecular weight is 276 g/mol. The molecule has 1 aliphatic rings. The maximum Gasteiger partial charge on any atom is 0.311 e. The summed E-state index contributed by atoms with van der Waals surface area (Å²) in [7, 11) is 1.78. The minimum absolute atomic E-state index is 0.0519. The maximum absolute atomic E-state index is 12.0. The van der Waals surface area contributed by atoms with Gasteiger partial charge in [0, 0.05) is 25.8 Å². The van der Waals surface area contributed by atoms with Crippen LogP contribution in [0.3, 0.4) is 0 Å². The van der Waals surface area contributed by atoms with Crippen LogP contribution in [0.15, 0.2) is 24.3 Å². The molecular formula is C15H20N2O3. The van der Waals surface area contributed by atoms with Crippen LogP contribution in [0.5, 0.6) is 0 Å². The van der Waals surface area contributed by atoms with Gasteiger partial charge in [-0.05, 0) is 25.0 Å². The molecule has 0 bridgehead atoms. The molecule has 0 aromatic heterocycles. The number of likely N-dealkylation sites (N-methyl/N-ethyl adjacent to an activating group) is 1. The monoisotopic (exact) mass is 276 g/mol. The quantitative estimate of drug-likeness (QED) is 0.906. The van der Waals surface area contributed by atoms with E-state index in [1.54, 1.807) is 11.9 Å². The molecule has 1 aromatic rings. The van der Waals surface area contributed by atoms with E-state index in [0.29, 0.717) is 26.1 Å². The minimum Gasteiger partial charge on any atom is -0.481 e. The zero-order valence-electron chi connectivity index (χ0n) is 11.9. The van der Waals surface area contributed by atoms with Crippen molar-refractivity contribution in [1.82, 2.24) is 4.90 Å². The highest BCUT2D eigenvalue weighted by Gasteiger charge is 2.30. The third-order valence-electron chi connectivity index (χ3n) is 3.86. The summed E-state index contributed by atoms with van der Waals surface area (Å²) >= 11 is 0. The zero-order chi connectivity index (χ0) is 14.7. The number of nitrogens with zero attached hydrogens (tertiary/aromatic N) is 2. The summed E-state index contributed by atoms with van der Waals surface area (Å²) in [5.74, 6) is -1.22. The lowest BCUT2D eigenvalue weighted by atomic mass is 9.90. The van der Waals surface area contributed by atoms with Gasteiger partial charge in [-0.15, -0.1) is 0 Å². The predicted octanol–water partition coefficient (Wildman–Crippen LogP) is 1.54. The minimum atomic E-state index is -0.797. The first-order valence-electron chi connectivity index (χ1n) is 6.85. The molecule has 1 unspecified atom stereocenters. The van der Waals surface area contributed by atoms with Crippen molar-refractivity contribution < 1.29 is 14.7 Å². The first kappa shape index (κ1) is 14.4. The van der Waals surface area contributed by atoms with Gasteiger partial charge in [-0.3, -0.25) is 9.59 Å². The van der Waals surface area contributed by atoms with Crippen LogP contribution in [0.4, 0.5) is 5.69 Å². The Hall–Kier alpha value is -2.04. The van der Waals surface area contributed by atoms with Gasteiger partial charge >= 0.3 is 5.97 Å². The number of benzene rings is 1. The Morgan fingerprint density at radius 1 is 1.40 bits per heavy atom. The molecule has 0 fully saturated rings. The van der Waals surface area contributed by atoms with Crippen LogP contribution in [0.25, 0.3) is 0 Å². The molecule has 1 heterocycles. The highest BCUT2D eigenvalue weighted by molar-refractivity contribution is 5.84. The molecule has 0 radical (unpaired) electrons. The van der Waals surface area contributed by atoms with Gasteiger partial charge in [-0.2, -0.15) is 0 Å². The van der Waals surface area contributed by atoms with Crippen LogP contribution >= 0.6 is 0 Å². The molecule has 1 aliphatic heterocycles. The Labute approximate surface area is 118 Å². The molecular weight excluding hydrogens is 256 g/mol. The number of hydrogen-bond donors (Lipinski definition) is 1. The standard InChI is InChI=1S/C15H20N2O3/c1-3-16(2)14(18)10-17-9-8-12(15(19)20)11-6-4-5-7-13(11)17/h4-7,12H,3,8-10H2,1-2H3,(H,19,20). The molecule has 1 N–H and O–H groups in total. The number of hydrogen-bond acceptors (Lipinski definition) is 3. The molecule has 0 spiro atoms. The summed E-state index contributed by atoms with van der Waals surface area (Å²) in [4.78, 5) is 27.0. The van der Waals surface area contributed by atoms with Gasteiger partial charge in [0.25, 0.3) is 0 Å². The SMILES string of the molecule is CCN(C)C(=O)CN1CCC(C(=O)O)c2ccccc21. The van der Waals surface area contributed by atoms with Gasteiger partial charge in [-0.25, -0.2) is 0 Å². The van der Waals surface area contributed by atoms with E-state index in [1.807, 2.05) is 36.1 Å². The predicted molar refractivity (Wildman–Crippen MR) is 77.0 cm³/mol. The fraction of sp³-hybridized carbons (Fsp3) is 0.467. The van der Waals surface area contributed by atoms with Gasteiger partial charge in [0.2, 0.25) is 5.91 Å². The number of carboxylic acids is 1. The van der Waals surface area contributed by atoms with Crippen LogP contribution in [-0.4, -0.2) is 48.6 Å². The zero-order valence-corrected chi connectivity index (χ0v) is 11.9. The van der Waals surface area contributed by atoms with Crippen molar-refractivity contribution in [2.75, 3.05) is 31.6 Å². The molecule has 1 amide bonds. The molecule has 2 rings (SSSR count). The van der Waals surface area contributed by atoms with E-state index in [-0.39, 0.29) is 5.91 Å². The van der Waals surface area contributed by atoms with Gasteiger partial charge in [0.05, 0.1) is 12.5 Å². The lowest BCUT2D eigenvalue weighted by Gasteiger charge is -2.34. The summed E-state index contributed by atoms with van der Waals surface area (Å²) < 4.78 is 0. The topological polar surface area (TPSA) is 60.9 Å². The molecule has 20 heavy (non-hydrogen) atoms. The van der Waals surface area contributed by atoms with Crippen molar-refractivity contribution in [3.05, 3.63) is 29.8 Å². The molecule has 1 atom stereocenters. The lowest BCUT2D eigenvalue weighted by molar-refractivity contribution is -0.139. The molecule has 5 nitrogen and oxygen atoms in total. The van der Waals surface area contributed by atoms with Crippen LogP contribution in [0.1, 0.15) is 24.8 Å². The molecule has 0 saturated carbocycles. The average Bonchev–Trinajstić information content (AvgIpc) is 2.46. The van der Waals surface area contributed by atoms with Crippen molar-refractivity contribution >= 4 is 17.6 Å². The Bertz CT molecular complexity index is 516. The van der Waals surface area contributed by atoms with Crippen LogP contribution in [0.2, 0.25) is 0 Å². The van der Waals surface area contributed by atoms with Crippen LogP contribution < -0.4 is 4.90 Å². The number of carbonyl (C=O) groups excluding carboxylic acids is 1. The van der Waals surface area contributed by atoms with Crippen LogP contribution in [0, 0.1) is 0 Å². The number of para-hydroxylation sites is 1. The van der Waals surface area contributed by atoms with Gasteiger partial charge < -0.3 is 14.9 Å². The number of rotatable bonds is 4. The van der Waals surface area contributed by atoms with Gasteiger partial charge in [-0.1, -0.05) is 18.2 Å². The van der Waals surface area contributed by atoms with E-state index in [2.05, 4.69) is 0 Å². The number of amides is 1. The van der Waals surface area contributed by atoms with E-state index >= 15 is 0 Å². The Morgan fingerprint density at radius 2 is 2.10 bits per heavy atom. The van der Waals surface area contributed by atoms with Gasteiger partial charge in [0.15, 0.2) is 0 Å². The molecule has 108 valence electrons. The van der Waals surface area contributed by atoms with Crippen LogP contribution in [-0.2, 0) is 9.59 Å². The number of anilines is 1. The van der Waals surface area contributed by atoms with E-state index in [9.17, 15) is 14.7 Å². The maximum atomic E-state index is 12.0. The normalized spacial score (nSPS) is 17.5. The fourth-order valence-electron chi connectivity index (χ4n) is 2.51. The molecule has 1 aromatic carbocycles. The largest absolute Gasteiger partial charge is 0.481 e. The van der Waals surface area contributed by atoms with E-state index in [0.717, 1.165) is 11.3 Å². The first-order chi connectivity index (χ1) is 9.54. The van der Waals surface area contributed by atoms with Crippen molar-refractivity contribution in [2.24, 2.45) is 0 Å². The van der Waals surface area contributed by atoms with E-state index < -0.39 is 11.9 Å². The molecule has 0 saturated heterocycles. The number of carbonyl (C=O) groups is 2. The second-order valence-electron chi connectivity index (χ2n) is 5.07. The highest BCUT2D eigenvalue weighted by Crippen LogP contribution is 2.35. The third-order valence-corrected chi connectivity index (χ3v) is 3.86. The van der Waals surface area contributed by atoms with Crippen molar-refractivity contribution in [3.8, 4) is 0 Å². The Morgan fingerprint density at radius 3 is 2.75 bits per heavy atom. The summed E-state index contributed by atoms with van der Waals surface area (Å²) in [6.45, 7) is 3.50.